The van der Waals surface area contributed by atoms with Crippen LogP contribution in [0.2, 0.25) is 0 Å². The molecule has 2 heterocycles. The Kier molecular flexibility index (Phi) is 4.40. The summed E-state index contributed by atoms with van der Waals surface area (Å²) in [6, 6.07) is 9.24. The summed E-state index contributed by atoms with van der Waals surface area (Å²) in [7, 11) is 2.20. The van der Waals surface area contributed by atoms with Crippen LogP contribution >= 0.6 is 11.8 Å². The van der Waals surface area contributed by atoms with Crippen molar-refractivity contribution in [3.63, 3.8) is 0 Å². The Morgan fingerprint density at radius 3 is 2.90 bits per heavy atom. The number of anilines is 1. The number of hydrogen-bond acceptors (Lipinski definition) is 3. The van der Waals surface area contributed by atoms with Gasteiger partial charge in [0.25, 0.3) is 0 Å². The van der Waals surface area contributed by atoms with Gasteiger partial charge in [0.2, 0.25) is 0 Å². The molecule has 5 heteroatoms. The smallest absolute Gasteiger partial charge is 0.321 e. The maximum Gasteiger partial charge on any atom is 0.321 e. The molecule has 2 aliphatic rings. The molecular formula is C16H23N3OS. The zero-order valence-corrected chi connectivity index (χ0v) is 13.5. The minimum Gasteiger partial charge on any atom is -0.323 e. The van der Waals surface area contributed by atoms with Crippen LogP contribution < -0.4 is 5.32 Å². The first kappa shape index (κ1) is 14.7. The lowest BCUT2D eigenvalue weighted by molar-refractivity contribution is 0.200. The van der Waals surface area contributed by atoms with E-state index in [1.165, 1.54) is 17.7 Å². The number of carbonyl (C=O) groups excluding carboxylic acids is 1. The molecular weight excluding hydrogens is 282 g/mol. The summed E-state index contributed by atoms with van der Waals surface area (Å²) in [6.07, 6.45) is 5.63. The zero-order valence-electron chi connectivity index (χ0n) is 12.7. The molecule has 2 aliphatic heterocycles. The summed E-state index contributed by atoms with van der Waals surface area (Å²) in [5.41, 5.74) is 0.884. The van der Waals surface area contributed by atoms with Crippen molar-refractivity contribution in [3.05, 3.63) is 24.3 Å². The molecule has 2 bridgehead atoms. The highest BCUT2D eigenvalue weighted by molar-refractivity contribution is 7.98. The van der Waals surface area contributed by atoms with Crippen LogP contribution in [-0.2, 0) is 0 Å². The molecule has 0 aliphatic carbocycles. The molecule has 2 unspecified atom stereocenters. The lowest BCUT2D eigenvalue weighted by atomic mass is 10.1. The van der Waals surface area contributed by atoms with E-state index in [-0.39, 0.29) is 6.03 Å². The number of urea groups is 1. The van der Waals surface area contributed by atoms with Crippen molar-refractivity contribution in [1.82, 2.24) is 9.80 Å². The van der Waals surface area contributed by atoms with Crippen LogP contribution in [0.3, 0.4) is 0 Å². The van der Waals surface area contributed by atoms with E-state index < -0.39 is 0 Å². The number of fused-ring (bicyclic) bond motifs is 2. The van der Waals surface area contributed by atoms with E-state index in [0.717, 1.165) is 25.2 Å². The van der Waals surface area contributed by atoms with Crippen molar-refractivity contribution >= 4 is 23.5 Å². The van der Waals surface area contributed by atoms with Crippen LogP contribution in [0, 0.1) is 0 Å². The van der Waals surface area contributed by atoms with Crippen molar-refractivity contribution < 1.29 is 4.79 Å². The van der Waals surface area contributed by atoms with Crippen LogP contribution in [-0.4, -0.2) is 54.3 Å². The van der Waals surface area contributed by atoms with Crippen LogP contribution in [0.1, 0.15) is 19.3 Å². The fourth-order valence-corrected chi connectivity index (χ4v) is 3.86. The molecule has 0 spiro atoms. The molecule has 2 saturated heterocycles. The van der Waals surface area contributed by atoms with Crippen molar-refractivity contribution in [1.29, 1.82) is 0 Å². The van der Waals surface area contributed by atoms with Gasteiger partial charge in [-0.1, -0.05) is 6.07 Å². The Balaban J connectivity index is 1.65. The highest BCUT2D eigenvalue weighted by Crippen LogP contribution is 2.28. The second-order valence-electron chi connectivity index (χ2n) is 5.95. The van der Waals surface area contributed by atoms with Gasteiger partial charge in [-0.15, -0.1) is 11.8 Å². The molecule has 0 radical (unpaired) electrons. The molecule has 2 amide bonds. The summed E-state index contributed by atoms with van der Waals surface area (Å²) in [5, 5.41) is 3.04. The van der Waals surface area contributed by atoms with Crippen molar-refractivity contribution in [3.8, 4) is 0 Å². The molecule has 21 heavy (non-hydrogen) atoms. The summed E-state index contributed by atoms with van der Waals surface area (Å²) in [5.74, 6) is 0. The predicted molar refractivity (Wildman–Crippen MR) is 88.0 cm³/mol. The lowest BCUT2D eigenvalue weighted by Crippen LogP contribution is -2.41. The van der Waals surface area contributed by atoms with E-state index in [1.807, 2.05) is 29.4 Å². The zero-order chi connectivity index (χ0) is 14.8. The van der Waals surface area contributed by atoms with Gasteiger partial charge in [0.1, 0.15) is 0 Å². The lowest BCUT2D eigenvalue weighted by Gasteiger charge is -2.26. The first-order chi connectivity index (χ1) is 10.2. The largest absolute Gasteiger partial charge is 0.323 e. The quantitative estimate of drug-likeness (QED) is 0.853. The molecule has 4 nitrogen and oxygen atoms in total. The van der Waals surface area contributed by atoms with Crippen LogP contribution in [0.25, 0.3) is 0 Å². The van der Waals surface area contributed by atoms with Gasteiger partial charge in [-0.3, -0.25) is 4.90 Å². The number of rotatable bonds is 2. The normalized spacial score (nSPS) is 25.7. The van der Waals surface area contributed by atoms with Gasteiger partial charge in [-0.05, 0) is 50.8 Å². The Hall–Kier alpha value is -1.20. The van der Waals surface area contributed by atoms with Gasteiger partial charge in [-0.2, -0.15) is 0 Å². The second-order valence-corrected chi connectivity index (χ2v) is 6.83. The van der Waals surface area contributed by atoms with Crippen LogP contribution in [0.5, 0.6) is 0 Å². The van der Waals surface area contributed by atoms with Gasteiger partial charge in [0, 0.05) is 35.8 Å². The SMILES string of the molecule is CSc1cccc(NC(=O)N2CCC3CCC(C2)N3C)c1. The molecule has 0 aromatic heterocycles. The van der Waals surface area contributed by atoms with Crippen LogP contribution in [0.4, 0.5) is 10.5 Å². The Morgan fingerprint density at radius 2 is 2.10 bits per heavy atom. The Morgan fingerprint density at radius 1 is 1.29 bits per heavy atom. The average Bonchev–Trinajstić information content (AvgIpc) is 2.72. The standard InChI is InChI=1S/C16H23N3OS/c1-18-13-6-7-14(18)11-19(9-8-13)16(20)17-12-4-3-5-15(10-12)21-2/h3-5,10,13-14H,6-9,11H2,1-2H3,(H,17,20). The van der Waals surface area contributed by atoms with Gasteiger partial charge in [0.15, 0.2) is 0 Å². The van der Waals surface area contributed by atoms with E-state index in [9.17, 15) is 4.79 Å². The maximum absolute atomic E-state index is 12.5. The predicted octanol–water partition coefficient (Wildman–Crippen LogP) is 3.11. The minimum absolute atomic E-state index is 0.0363. The molecule has 0 saturated carbocycles. The van der Waals surface area contributed by atoms with Crippen molar-refractivity contribution in [2.75, 3.05) is 31.7 Å². The van der Waals surface area contributed by atoms with Crippen LogP contribution in [0.15, 0.2) is 29.2 Å². The average molecular weight is 305 g/mol. The van der Waals surface area contributed by atoms with E-state index in [2.05, 4.69) is 23.3 Å². The number of likely N-dealkylation sites (N-methyl/N-ethyl adjacent to an activating group) is 1. The number of nitrogens with one attached hydrogen (secondary N) is 1. The summed E-state index contributed by atoms with van der Waals surface area (Å²) in [4.78, 5) is 18.1. The first-order valence-electron chi connectivity index (χ1n) is 7.59. The van der Waals surface area contributed by atoms with Gasteiger partial charge >= 0.3 is 6.03 Å². The first-order valence-corrected chi connectivity index (χ1v) is 8.82. The number of nitrogens with zero attached hydrogens (tertiary/aromatic N) is 2. The molecule has 2 fully saturated rings. The van der Waals surface area contributed by atoms with Gasteiger partial charge in [-0.25, -0.2) is 4.79 Å². The fourth-order valence-electron chi connectivity index (χ4n) is 3.40. The number of thioether (sulfide) groups is 1. The number of hydrogen-bond donors (Lipinski definition) is 1. The molecule has 1 N–H and O–H groups in total. The maximum atomic E-state index is 12.5. The summed E-state index contributed by atoms with van der Waals surface area (Å²) < 4.78 is 0. The Labute approximate surface area is 130 Å². The van der Waals surface area contributed by atoms with E-state index >= 15 is 0 Å². The third kappa shape index (κ3) is 3.19. The van der Waals surface area contributed by atoms with Gasteiger partial charge < -0.3 is 10.2 Å². The molecule has 1 aromatic carbocycles. The van der Waals surface area contributed by atoms with Gasteiger partial charge in [0.05, 0.1) is 0 Å². The highest BCUT2D eigenvalue weighted by atomic mass is 32.2. The van der Waals surface area contributed by atoms with Crippen molar-refractivity contribution in [2.24, 2.45) is 0 Å². The number of likely N-dealkylation sites (tertiary alicyclic amines) is 1. The minimum atomic E-state index is 0.0363. The van der Waals surface area contributed by atoms with E-state index in [4.69, 9.17) is 0 Å². The van der Waals surface area contributed by atoms with E-state index in [1.54, 1.807) is 11.8 Å². The molecule has 3 rings (SSSR count). The molecule has 114 valence electrons. The topological polar surface area (TPSA) is 35.6 Å². The Bertz CT molecular complexity index is 522. The highest BCUT2D eigenvalue weighted by Gasteiger charge is 2.35. The monoisotopic (exact) mass is 305 g/mol. The summed E-state index contributed by atoms with van der Waals surface area (Å²) >= 11 is 1.69. The molecule has 2 atom stereocenters. The third-order valence-corrected chi connectivity index (χ3v) is 5.48. The number of carbonyl (C=O) groups is 1. The van der Waals surface area contributed by atoms with Crippen molar-refractivity contribution in [2.45, 2.75) is 36.2 Å². The fraction of sp³-hybridized carbons (Fsp3) is 0.562. The number of amides is 2. The number of benzene rings is 1. The summed E-state index contributed by atoms with van der Waals surface area (Å²) in [6.45, 7) is 1.71. The second kappa shape index (κ2) is 6.28. The third-order valence-electron chi connectivity index (χ3n) is 4.76. The molecule has 1 aromatic rings. The van der Waals surface area contributed by atoms with E-state index in [0.29, 0.717) is 12.1 Å².